The Hall–Kier alpha value is -5.09. The molecule has 0 spiro atoms. The van der Waals surface area contributed by atoms with E-state index in [1.165, 1.54) is 13.8 Å². The smallest absolute Gasteiger partial charge is 0.328 e. The van der Waals surface area contributed by atoms with Crippen LogP contribution >= 0.6 is 0 Å². The number of nitrogens with zero attached hydrogens (tertiary/aromatic N) is 1. The lowest BCUT2D eigenvalue weighted by atomic mass is 10.1. The fourth-order valence-corrected chi connectivity index (χ4v) is 3.33. The molecule has 0 aromatic carbocycles. The molecule has 0 aliphatic rings. The van der Waals surface area contributed by atoms with E-state index in [-0.39, 0.29) is 25.3 Å². The Morgan fingerprint density at radius 3 is 1.72 bits per heavy atom. The van der Waals surface area contributed by atoms with E-state index in [9.17, 15) is 43.5 Å². The van der Waals surface area contributed by atoms with E-state index in [1.54, 1.807) is 0 Å². The van der Waals surface area contributed by atoms with Crippen LogP contribution in [0.4, 0.5) is 0 Å². The Bertz CT molecular complexity index is 1150. The molecule has 0 bridgehead atoms. The first-order valence-corrected chi connectivity index (χ1v) is 13.7. The lowest BCUT2D eigenvalue weighted by Crippen LogP contribution is -2.58. The number of nitrogens with two attached hydrogens (primary N) is 3. The summed E-state index contributed by atoms with van der Waals surface area (Å²) in [4.78, 5) is 100. The van der Waals surface area contributed by atoms with Crippen molar-refractivity contribution >= 4 is 53.3 Å². The molecule has 0 aliphatic carbocycles. The number of aliphatic carboxylic acids is 2. The molecule has 16 N–H and O–H groups in total. The number of aliphatic hydroxyl groups excluding tert-OH is 2. The summed E-state index contributed by atoms with van der Waals surface area (Å²) in [5.74, 6) is -8.71. The molecular weight excluding hydrogens is 620 g/mol. The van der Waals surface area contributed by atoms with Crippen molar-refractivity contribution in [1.82, 2.24) is 31.9 Å². The highest BCUT2D eigenvalue weighted by atomic mass is 16.4. The van der Waals surface area contributed by atoms with Crippen molar-refractivity contribution in [2.75, 3.05) is 26.3 Å². The van der Waals surface area contributed by atoms with Crippen LogP contribution in [-0.4, -0.2) is 136 Å². The van der Waals surface area contributed by atoms with Gasteiger partial charge < -0.3 is 69.5 Å². The molecule has 0 aliphatic heterocycles. The lowest BCUT2D eigenvalue weighted by Gasteiger charge is -2.24. The van der Waals surface area contributed by atoms with Crippen molar-refractivity contribution in [3.05, 3.63) is 0 Å². The van der Waals surface area contributed by atoms with Gasteiger partial charge in [-0.3, -0.25) is 38.6 Å². The maximum atomic E-state index is 13.0. The number of hydrogen-bond donors (Lipinski definition) is 13. The van der Waals surface area contributed by atoms with Gasteiger partial charge in [0.15, 0.2) is 5.96 Å². The van der Waals surface area contributed by atoms with E-state index < -0.39 is 110 Å². The largest absolute Gasteiger partial charge is 0.481 e. The van der Waals surface area contributed by atoms with Crippen LogP contribution in [0.5, 0.6) is 0 Å². The molecule has 260 valence electrons. The summed E-state index contributed by atoms with van der Waals surface area (Å²) in [5.41, 5.74) is 16.0. The van der Waals surface area contributed by atoms with Gasteiger partial charge in [0.1, 0.15) is 30.2 Å². The van der Waals surface area contributed by atoms with Crippen LogP contribution in [0.25, 0.3) is 0 Å². The fourth-order valence-electron chi connectivity index (χ4n) is 3.33. The number of aliphatic hydroxyl groups is 2. The molecule has 6 atom stereocenters. The number of guanidine groups is 1. The SMILES string of the molecule is C[C@H](NC(=O)[C@H](CCCN=C(N)N)NC(=O)[C@H](C)NC(=O)[C@H](CO)NC(=O)[C@@H](N)CC(=O)O)C(=O)NCC(=O)N[C@@H](CO)C(=O)O. The van der Waals surface area contributed by atoms with Crippen LogP contribution in [0.15, 0.2) is 4.99 Å². The maximum absolute atomic E-state index is 13.0. The zero-order valence-corrected chi connectivity index (χ0v) is 25.1. The monoisotopic (exact) mass is 662 g/mol. The number of hydrogen-bond acceptors (Lipinski definition) is 12. The second-order valence-corrected chi connectivity index (χ2v) is 9.78. The third kappa shape index (κ3) is 16.1. The van der Waals surface area contributed by atoms with Crippen LogP contribution < -0.4 is 49.1 Å². The number of aliphatic imine (C=N–C) groups is 1. The maximum Gasteiger partial charge on any atom is 0.328 e. The van der Waals surface area contributed by atoms with E-state index >= 15 is 0 Å². The summed E-state index contributed by atoms with van der Waals surface area (Å²) < 4.78 is 0. The van der Waals surface area contributed by atoms with Gasteiger partial charge >= 0.3 is 11.9 Å². The summed E-state index contributed by atoms with van der Waals surface area (Å²) in [6.45, 7) is 0.0469. The minimum atomic E-state index is -1.60. The fraction of sp³-hybridized carbons (Fsp3) is 0.625. The topological polar surface area (TPSA) is 380 Å². The van der Waals surface area contributed by atoms with Crippen molar-refractivity contribution < 1.29 is 58.8 Å². The molecule has 0 radical (unpaired) electrons. The molecule has 0 fully saturated rings. The summed E-state index contributed by atoms with van der Waals surface area (Å²) in [5, 5.41) is 49.3. The van der Waals surface area contributed by atoms with E-state index in [0.717, 1.165) is 0 Å². The number of rotatable bonds is 21. The number of carboxylic acid groups (broad SMARTS) is 2. The highest BCUT2D eigenvalue weighted by Crippen LogP contribution is 2.02. The Morgan fingerprint density at radius 2 is 1.22 bits per heavy atom. The Labute approximate surface area is 262 Å². The second kappa shape index (κ2) is 20.8. The predicted molar refractivity (Wildman–Crippen MR) is 156 cm³/mol. The van der Waals surface area contributed by atoms with Crippen LogP contribution in [0.1, 0.15) is 33.1 Å². The Balaban J connectivity index is 5.37. The average molecular weight is 663 g/mol. The lowest BCUT2D eigenvalue weighted by molar-refractivity contribution is -0.143. The van der Waals surface area contributed by atoms with Crippen LogP contribution in [0.3, 0.4) is 0 Å². The average Bonchev–Trinajstić information content (AvgIpc) is 2.97. The third-order valence-corrected chi connectivity index (χ3v) is 5.87. The number of carbonyl (C=O) groups excluding carboxylic acids is 6. The zero-order valence-electron chi connectivity index (χ0n) is 25.1. The highest BCUT2D eigenvalue weighted by Gasteiger charge is 2.30. The summed E-state index contributed by atoms with van der Waals surface area (Å²) in [6, 6.07) is -8.61. The molecule has 6 amide bonds. The van der Waals surface area contributed by atoms with Crippen LogP contribution in [0.2, 0.25) is 0 Å². The first-order chi connectivity index (χ1) is 21.4. The normalized spacial score (nSPS) is 14.5. The van der Waals surface area contributed by atoms with Gasteiger partial charge in [-0.05, 0) is 26.7 Å². The number of carbonyl (C=O) groups is 8. The van der Waals surface area contributed by atoms with Gasteiger partial charge in [0.2, 0.25) is 35.4 Å². The number of carboxylic acids is 2. The molecule has 22 nitrogen and oxygen atoms in total. The molecule has 22 heteroatoms. The zero-order chi connectivity index (χ0) is 35.6. The molecule has 0 aromatic rings. The second-order valence-electron chi connectivity index (χ2n) is 9.78. The summed E-state index contributed by atoms with van der Waals surface area (Å²) in [6.07, 6.45) is -0.632. The van der Waals surface area contributed by atoms with E-state index in [2.05, 4.69) is 31.6 Å². The van der Waals surface area contributed by atoms with Gasteiger partial charge in [-0.2, -0.15) is 0 Å². The Kier molecular flexibility index (Phi) is 18.5. The molecule has 0 rings (SSSR count). The molecular formula is C24H42N10O12. The molecule has 0 saturated heterocycles. The van der Waals surface area contributed by atoms with Gasteiger partial charge in [0.25, 0.3) is 0 Å². The van der Waals surface area contributed by atoms with Gasteiger partial charge in [-0.15, -0.1) is 0 Å². The van der Waals surface area contributed by atoms with Gasteiger partial charge in [-0.1, -0.05) is 0 Å². The standard InChI is InChI=1S/C24H42N10O12/c1-10(18(40)29-7-16(37)32-15(9-36)23(45)46)30-21(43)13(4-3-5-28-24(26)27)33-19(41)11(2)31-22(44)14(8-35)34-20(42)12(25)6-17(38)39/h10-15,35-36H,3-9,25H2,1-2H3,(H,29,40)(H,30,43)(H,31,44)(H,32,37)(H,33,41)(H,34,42)(H,38,39)(H,45,46)(H4,26,27,28)/t10-,11-,12-,13-,14-,15-/m0/s1. The van der Waals surface area contributed by atoms with Crippen LogP contribution in [-0.2, 0) is 38.4 Å². The minimum Gasteiger partial charge on any atom is -0.481 e. The van der Waals surface area contributed by atoms with Crippen molar-refractivity contribution in [3.63, 3.8) is 0 Å². The molecule has 0 heterocycles. The molecule has 0 unspecified atom stereocenters. The summed E-state index contributed by atoms with van der Waals surface area (Å²) >= 11 is 0. The molecule has 0 saturated carbocycles. The van der Waals surface area contributed by atoms with Crippen LogP contribution in [0, 0.1) is 0 Å². The molecule has 46 heavy (non-hydrogen) atoms. The van der Waals surface area contributed by atoms with Crippen molar-refractivity contribution in [1.29, 1.82) is 0 Å². The van der Waals surface area contributed by atoms with Crippen molar-refractivity contribution in [2.24, 2.45) is 22.2 Å². The van der Waals surface area contributed by atoms with E-state index in [0.29, 0.717) is 0 Å². The van der Waals surface area contributed by atoms with Gasteiger partial charge in [0, 0.05) is 6.54 Å². The van der Waals surface area contributed by atoms with E-state index in [4.69, 9.17) is 32.5 Å². The molecule has 0 aromatic heterocycles. The number of nitrogens with one attached hydrogen (secondary N) is 6. The third-order valence-electron chi connectivity index (χ3n) is 5.87. The Morgan fingerprint density at radius 1 is 0.696 bits per heavy atom. The van der Waals surface area contributed by atoms with Gasteiger partial charge in [0.05, 0.1) is 32.2 Å². The van der Waals surface area contributed by atoms with Gasteiger partial charge in [-0.25, -0.2) is 4.79 Å². The predicted octanol–water partition coefficient (Wildman–Crippen LogP) is -7.51. The first kappa shape index (κ1) is 40.9. The van der Waals surface area contributed by atoms with Crippen molar-refractivity contribution in [3.8, 4) is 0 Å². The number of amides is 6. The summed E-state index contributed by atoms with van der Waals surface area (Å²) in [7, 11) is 0. The quantitative estimate of drug-likeness (QED) is 0.0308. The van der Waals surface area contributed by atoms with E-state index in [1.807, 2.05) is 5.32 Å². The minimum absolute atomic E-state index is 0.0553. The first-order valence-electron chi connectivity index (χ1n) is 13.7. The highest BCUT2D eigenvalue weighted by molar-refractivity contribution is 5.96. The van der Waals surface area contributed by atoms with Crippen molar-refractivity contribution in [2.45, 2.75) is 69.4 Å².